The zero-order valence-electron chi connectivity index (χ0n) is 12.4. The fourth-order valence-corrected chi connectivity index (χ4v) is 2.72. The second-order valence-corrected chi connectivity index (χ2v) is 5.92. The Morgan fingerprint density at radius 2 is 2.18 bits per heavy atom. The van der Waals surface area contributed by atoms with Crippen LogP contribution in [0.4, 0.5) is 0 Å². The standard InChI is InChI=1S/C17H17ClN4/c1-13(7-14-3-2-4-16(18)8-14)10-22-11-15(9-21-22)17-5-6-19-12-20-17/h2-6,8-9,11-13H,7,10H2,1H3. The molecule has 0 amide bonds. The molecule has 3 aromatic rings. The van der Waals surface area contributed by atoms with Crippen LogP contribution in [0.5, 0.6) is 0 Å². The van der Waals surface area contributed by atoms with Crippen molar-refractivity contribution >= 4 is 11.6 Å². The van der Waals surface area contributed by atoms with Gasteiger partial charge in [-0.05, 0) is 36.1 Å². The molecule has 1 atom stereocenters. The van der Waals surface area contributed by atoms with Crippen molar-refractivity contribution in [2.45, 2.75) is 19.9 Å². The molecule has 0 N–H and O–H groups in total. The normalized spacial score (nSPS) is 12.3. The number of halogens is 1. The van der Waals surface area contributed by atoms with Gasteiger partial charge in [0, 0.05) is 29.5 Å². The SMILES string of the molecule is CC(Cc1cccc(Cl)c1)Cn1cc(-c2ccncn2)cn1. The van der Waals surface area contributed by atoms with Gasteiger partial charge in [0.1, 0.15) is 6.33 Å². The van der Waals surface area contributed by atoms with Crippen molar-refractivity contribution in [1.82, 2.24) is 19.7 Å². The third-order valence-electron chi connectivity index (χ3n) is 3.48. The summed E-state index contributed by atoms with van der Waals surface area (Å²) in [7, 11) is 0. The minimum Gasteiger partial charge on any atom is -0.272 e. The molecule has 0 aliphatic heterocycles. The molecule has 5 heteroatoms. The molecular formula is C17H17ClN4. The third kappa shape index (κ3) is 3.71. The zero-order valence-corrected chi connectivity index (χ0v) is 13.1. The average molecular weight is 313 g/mol. The Kier molecular flexibility index (Phi) is 4.49. The Morgan fingerprint density at radius 3 is 2.95 bits per heavy atom. The predicted octanol–water partition coefficient (Wildman–Crippen LogP) is 3.87. The Morgan fingerprint density at radius 1 is 1.27 bits per heavy atom. The molecule has 0 saturated carbocycles. The Labute approximate surface area is 134 Å². The van der Waals surface area contributed by atoms with Crippen molar-refractivity contribution in [3.05, 3.63) is 65.8 Å². The molecule has 0 saturated heterocycles. The summed E-state index contributed by atoms with van der Waals surface area (Å²) in [4.78, 5) is 8.17. The number of hydrogen-bond donors (Lipinski definition) is 0. The Balaban J connectivity index is 1.65. The highest BCUT2D eigenvalue weighted by Crippen LogP contribution is 2.18. The maximum atomic E-state index is 6.03. The van der Waals surface area contributed by atoms with Crippen molar-refractivity contribution in [1.29, 1.82) is 0 Å². The van der Waals surface area contributed by atoms with Crippen molar-refractivity contribution in [2.24, 2.45) is 5.92 Å². The van der Waals surface area contributed by atoms with Gasteiger partial charge in [0.05, 0.1) is 11.9 Å². The minimum atomic E-state index is 0.469. The van der Waals surface area contributed by atoms with Crippen LogP contribution in [0.25, 0.3) is 11.3 Å². The van der Waals surface area contributed by atoms with E-state index in [-0.39, 0.29) is 0 Å². The monoisotopic (exact) mass is 312 g/mol. The van der Waals surface area contributed by atoms with E-state index in [2.05, 4.69) is 28.1 Å². The van der Waals surface area contributed by atoms with Crippen molar-refractivity contribution in [3.63, 3.8) is 0 Å². The van der Waals surface area contributed by atoms with Crippen LogP contribution >= 0.6 is 11.6 Å². The highest BCUT2D eigenvalue weighted by molar-refractivity contribution is 6.30. The molecule has 22 heavy (non-hydrogen) atoms. The number of hydrogen-bond acceptors (Lipinski definition) is 3. The molecule has 0 radical (unpaired) electrons. The first-order chi connectivity index (χ1) is 10.7. The molecule has 0 bridgehead atoms. The van der Waals surface area contributed by atoms with Crippen LogP contribution in [0, 0.1) is 5.92 Å². The summed E-state index contributed by atoms with van der Waals surface area (Å²) in [6, 6.07) is 9.91. The van der Waals surface area contributed by atoms with Gasteiger partial charge in [0.15, 0.2) is 0 Å². The largest absolute Gasteiger partial charge is 0.272 e. The van der Waals surface area contributed by atoms with E-state index in [1.165, 1.54) is 5.56 Å². The summed E-state index contributed by atoms with van der Waals surface area (Å²) >= 11 is 6.03. The highest BCUT2D eigenvalue weighted by Gasteiger charge is 2.08. The van der Waals surface area contributed by atoms with E-state index in [0.717, 1.165) is 29.2 Å². The molecule has 1 unspecified atom stereocenters. The van der Waals surface area contributed by atoms with Gasteiger partial charge in [-0.3, -0.25) is 4.68 Å². The van der Waals surface area contributed by atoms with Crippen LogP contribution in [0.2, 0.25) is 5.02 Å². The first-order valence-electron chi connectivity index (χ1n) is 7.24. The molecule has 0 spiro atoms. The van der Waals surface area contributed by atoms with E-state index < -0.39 is 0 Å². The second-order valence-electron chi connectivity index (χ2n) is 5.48. The second kappa shape index (κ2) is 6.71. The summed E-state index contributed by atoms with van der Waals surface area (Å²) in [6.07, 6.45) is 8.13. The van der Waals surface area contributed by atoms with E-state index in [9.17, 15) is 0 Å². The molecule has 2 heterocycles. The van der Waals surface area contributed by atoms with E-state index in [0.29, 0.717) is 5.92 Å². The number of rotatable bonds is 5. The van der Waals surface area contributed by atoms with Gasteiger partial charge in [-0.25, -0.2) is 9.97 Å². The van der Waals surface area contributed by atoms with Crippen LogP contribution in [-0.2, 0) is 13.0 Å². The molecule has 0 fully saturated rings. The molecule has 3 rings (SSSR count). The average Bonchev–Trinajstić information content (AvgIpc) is 2.96. The van der Waals surface area contributed by atoms with Gasteiger partial charge >= 0.3 is 0 Å². The number of nitrogens with zero attached hydrogens (tertiary/aromatic N) is 4. The maximum absolute atomic E-state index is 6.03. The van der Waals surface area contributed by atoms with E-state index in [1.807, 2.05) is 41.3 Å². The summed E-state index contributed by atoms with van der Waals surface area (Å²) in [5.74, 6) is 0.469. The molecule has 1 aromatic carbocycles. The van der Waals surface area contributed by atoms with Crippen LogP contribution in [0.15, 0.2) is 55.2 Å². The quantitative estimate of drug-likeness (QED) is 0.718. The summed E-state index contributed by atoms with van der Waals surface area (Å²) in [5, 5.41) is 5.21. The molecule has 4 nitrogen and oxygen atoms in total. The fourth-order valence-electron chi connectivity index (χ4n) is 2.51. The fraction of sp³-hybridized carbons (Fsp3) is 0.235. The van der Waals surface area contributed by atoms with Crippen LogP contribution < -0.4 is 0 Å². The van der Waals surface area contributed by atoms with Crippen molar-refractivity contribution in [3.8, 4) is 11.3 Å². The Bertz CT molecular complexity index is 739. The van der Waals surface area contributed by atoms with Gasteiger partial charge in [0.2, 0.25) is 0 Å². The van der Waals surface area contributed by atoms with E-state index in [1.54, 1.807) is 12.5 Å². The van der Waals surface area contributed by atoms with Gasteiger partial charge in [0.25, 0.3) is 0 Å². The number of benzene rings is 1. The molecule has 0 aliphatic rings. The lowest BCUT2D eigenvalue weighted by molar-refractivity contribution is 0.448. The number of aromatic nitrogens is 4. The topological polar surface area (TPSA) is 43.6 Å². The van der Waals surface area contributed by atoms with Crippen molar-refractivity contribution in [2.75, 3.05) is 0 Å². The van der Waals surface area contributed by atoms with Crippen LogP contribution in [0.3, 0.4) is 0 Å². The summed E-state index contributed by atoms with van der Waals surface area (Å²) in [6.45, 7) is 3.07. The molecule has 0 aliphatic carbocycles. The minimum absolute atomic E-state index is 0.469. The van der Waals surface area contributed by atoms with E-state index >= 15 is 0 Å². The van der Waals surface area contributed by atoms with Gasteiger partial charge in [-0.1, -0.05) is 30.7 Å². The molecular weight excluding hydrogens is 296 g/mol. The van der Waals surface area contributed by atoms with Gasteiger partial charge in [-0.15, -0.1) is 0 Å². The summed E-state index contributed by atoms with van der Waals surface area (Å²) in [5.41, 5.74) is 3.16. The Hall–Kier alpha value is -2.20. The van der Waals surface area contributed by atoms with Gasteiger partial charge in [-0.2, -0.15) is 5.10 Å². The summed E-state index contributed by atoms with van der Waals surface area (Å²) < 4.78 is 1.96. The maximum Gasteiger partial charge on any atom is 0.116 e. The smallest absolute Gasteiger partial charge is 0.116 e. The lowest BCUT2D eigenvalue weighted by Crippen LogP contribution is -2.10. The lowest BCUT2D eigenvalue weighted by Gasteiger charge is -2.11. The van der Waals surface area contributed by atoms with Crippen molar-refractivity contribution < 1.29 is 0 Å². The van der Waals surface area contributed by atoms with E-state index in [4.69, 9.17) is 11.6 Å². The zero-order chi connectivity index (χ0) is 15.4. The highest BCUT2D eigenvalue weighted by atomic mass is 35.5. The van der Waals surface area contributed by atoms with Crippen LogP contribution in [-0.4, -0.2) is 19.7 Å². The first-order valence-corrected chi connectivity index (χ1v) is 7.62. The lowest BCUT2D eigenvalue weighted by atomic mass is 10.0. The van der Waals surface area contributed by atoms with Gasteiger partial charge < -0.3 is 0 Å². The molecule has 112 valence electrons. The predicted molar refractivity (Wildman–Crippen MR) is 87.6 cm³/mol. The van der Waals surface area contributed by atoms with Crippen LogP contribution in [0.1, 0.15) is 12.5 Å². The third-order valence-corrected chi connectivity index (χ3v) is 3.72. The molecule has 2 aromatic heterocycles. The first kappa shape index (κ1) is 14.7.